The second-order valence-corrected chi connectivity index (χ2v) is 6.41. The van der Waals surface area contributed by atoms with Crippen molar-refractivity contribution in [2.45, 2.75) is 19.4 Å². The molecular weight excluding hydrogens is 312 g/mol. The predicted octanol–water partition coefficient (Wildman–Crippen LogP) is 1.02. The van der Waals surface area contributed by atoms with Crippen LogP contribution in [0, 0.1) is 5.92 Å². The van der Waals surface area contributed by atoms with Crippen LogP contribution >= 0.6 is 0 Å². The average Bonchev–Trinajstić information content (AvgIpc) is 3.19. The second-order valence-electron chi connectivity index (χ2n) is 6.41. The summed E-state index contributed by atoms with van der Waals surface area (Å²) in [6.45, 7) is 4.30. The molecule has 128 valence electrons. The third-order valence-corrected chi connectivity index (χ3v) is 4.69. The molecule has 24 heavy (non-hydrogen) atoms. The molecule has 7 heteroatoms. The highest BCUT2D eigenvalue weighted by Crippen LogP contribution is 2.37. The van der Waals surface area contributed by atoms with Crippen molar-refractivity contribution >= 4 is 17.5 Å². The summed E-state index contributed by atoms with van der Waals surface area (Å²) in [6.07, 6.45) is 0.295. The van der Waals surface area contributed by atoms with Crippen LogP contribution < -0.4 is 14.4 Å². The Morgan fingerprint density at radius 3 is 2.88 bits per heavy atom. The van der Waals surface area contributed by atoms with E-state index in [9.17, 15) is 9.59 Å². The molecule has 0 radical (unpaired) electrons. The van der Waals surface area contributed by atoms with Crippen LogP contribution in [0.3, 0.4) is 0 Å². The molecule has 3 aliphatic rings. The number of hydrogen-bond donors (Lipinski definition) is 0. The predicted molar refractivity (Wildman–Crippen MR) is 85.0 cm³/mol. The number of benzene rings is 1. The van der Waals surface area contributed by atoms with Crippen molar-refractivity contribution in [3.05, 3.63) is 18.2 Å². The van der Waals surface area contributed by atoms with E-state index >= 15 is 0 Å². The molecule has 1 aromatic rings. The first-order valence-corrected chi connectivity index (χ1v) is 8.22. The third kappa shape index (κ3) is 2.69. The molecule has 2 fully saturated rings. The SMILES string of the molecule is C[C@@H]1CN(C(=O)[C@H]2CC(=O)N(c3ccc4c(c3)OCO4)C2)CCO1. The first-order valence-electron chi connectivity index (χ1n) is 8.22. The Bertz CT molecular complexity index is 677. The van der Waals surface area contributed by atoms with Gasteiger partial charge in [0.05, 0.1) is 18.6 Å². The van der Waals surface area contributed by atoms with E-state index in [2.05, 4.69) is 0 Å². The van der Waals surface area contributed by atoms with Crippen molar-refractivity contribution < 1.29 is 23.8 Å². The van der Waals surface area contributed by atoms with Crippen LogP contribution in [0.1, 0.15) is 13.3 Å². The Morgan fingerprint density at radius 2 is 2.04 bits per heavy atom. The van der Waals surface area contributed by atoms with Crippen LogP contribution in [-0.2, 0) is 14.3 Å². The molecule has 0 saturated carbocycles. The van der Waals surface area contributed by atoms with Gasteiger partial charge >= 0.3 is 0 Å². The Balaban J connectivity index is 1.47. The first kappa shape index (κ1) is 15.3. The van der Waals surface area contributed by atoms with Gasteiger partial charge in [-0.25, -0.2) is 0 Å². The van der Waals surface area contributed by atoms with Gasteiger partial charge in [-0.05, 0) is 19.1 Å². The Morgan fingerprint density at radius 1 is 1.21 bits per heavy atom. The van der Waals surface area contributed by atoms with E-state index in [1.54, 1.807) is 17.0 Å². The highest BCUT2D eigenvalue weighted by Gasteiger charge is 2.38. The Kier molecular flexibility index (Phi) is 3.80. The van der Waals surface area contributed by atoms with Crippen molar-refractivity contribution in [2.75, 3.05) is 37.9 Å². The summed E-state index contributed by atoms with van der Waals surface area (Å²) in [7, 11) is 0. The van der Waals surface area contributed by atoms with E-state index < -0.39 is 0 Å². The Hall–Kier alpha value is -2.28. The fourth-order valence-corrected chi connectivity index (χ4v) is 3.45. The highest BCUT2D eigenvalue weighted by atomic mass is 16.7. The zero-order chi connectivity index (χ0) is 16.7. The van der Waals surface area contributed by atoms with Gasteiger partial charge in [0, 0.05) is 37.8 Å². The summed E-state index contributed by atoms with van der Waals surface area (Å²) in [6, 6.07) is 5.42. The van der Waals surface area contributed by atoms with Gasteiger partial charge in [0.2, 0.25) is 18.6 Å². The van der Waals surface area contributed by atoms with Crippen LogP contribution in [0.4, 0.5) is 5.69 Å². The molecule has 0 unspecified atom stereocenters. The minimum atomic E-state index is -0.298. The zero-order valence-electron chi connectivity index (χ0n) is 13.6. The van der Waals surface area contributed by atoms with Gasteiger partial charge in [-0.2, -0.15) is 0 Å². The molecule has 0 spiro atoms. The lowest BCUT2D eigenvalue weighted by molar-refractivity contribution is -0.142. The van der Waals surface area contributed by atoms with Crippen LogP contribution in [-0.4, -0.2) is 55.9 Å². The normalized spacial score (nSPS) is 26.1. The van der Waals surface area contributed by atoms with Gasteiger partial charge in [-0.1, -0.05) is 0 Å². The van der Waals surface area contributed by atoms with Gasteiger partial charge in [0.15, 0.2) is 11.5 Å². The van der Waals surface area contributed by atoms with Crippen molar-refractivity contribution in [3.63, 3.8) is 0 Å². The molecule has 2 atom stereocenters. The van der Waals surface area contributed by atoms with E-state index in [1.807, 2.05) is 17.9 Å². The van der Waals surface area contributed by atoms with E-state index in [0.29, 0.717) is 37.7 Å². The van der Waals surface area contributed by atoms with Crippen molar-refractivity contribution in [1.29, 1.82) is 0 Å². The maximum atomic E-state index is 12.7. The number of hydrogen-bond acceptors (Lipinski definition) is 5. The highest BCUT2D eigenvalue weighted by molar-refractivity contribution is 6.00. The number of carbonyl (C=O) groups is 2. The molecule has 3 heterocycles. The average molecular weight is 332 g/mol. The van der Waals surface area contributed by atoms with Crippen molar-refractivity contribution in [2.24, 2.45) is 5.92 Å². The summed E-state index contributed by atoms with van der Waals surface area (Å²) < 4.78 is 16.1. The van der Waals surface area contributed by atoms with Crippen molar-refractivity contribution in [1.82, 2.24) is 4.90 Å². The summed E-state index contributed by atoms with van der Waals surface area (Å²) in [5, 5.41) is 0. The zero-order valence-corrected chi connectivity index (χ0v) is 13.6. The van der Waals surface area contributed by atoms with E-state index in [4.69, 9.17) is 14.2 Å². The summed E-state index contributed by atoms with van der Waals surface area (Å²) in [5.41, 5.74) is 0.745. The molecule has 4 rings (SSSR count). The van der Waals surface area contributed by atoms with Gasteiger partial charge in [0.25, 0.3) is 0 Å². The number of ether oxygens (including phenoxy) is 3. The molecule has 2 amide bonds. The molecule has 0 aromatic heterocycles. The lowest BCUT2D eigenvalue weighted by atomic mass is 10.1. The van der Waals surface area contributed by atoms with Gasteiger partial charge in [-0.3, -0.25) is 9.59 Å². The fourth-order valence-electron chi connectivity index (χ4n) is 3.45. The molecule has 1 aromatic carbocycles. The number of fused-ring (bicyclic) bond motifs is 1. The molecule has 2 saturated heterocycles. The smallest absolute Gasteiger partial charge is 0.231 e. The monoisotopic (exact) mass is 332 g/mol. The fraction of sp³-hybridized carbons (Fsp3) is 0.529. The van der Waals surface area contributed by atoms with Crippen LogP contribution in [0.15, 0.2) is 18.2 Å². The second kappa shape index (κ2) is 5.98. The third-order valence-electron chi connectivity index (χ3n) is 4.69. The van der Waals surface area contributed by atoms with Gasteiger partial charge < -0.3 is 24.0 Å². The van der Waals surface area contributed by atoms with Crippen LogP contribution in [0.5, 0.6) is 11.5 Å². The Labute approximate surface area is 140 Å². The van der Waals surface area contributed by atoms with E-state index in [0.717, 1.165) is 5.69 Å². The van der Waals surface area contributed by atoms with Crippen LogP contribution in [0.25, 0.3) is 0 Å². The van der Waals surface area contributed by atoms with Gasteiger partial charge in [-0.15, -0.1) is 0 Å². The largest absolute Gasteiger partial charge is 0.454 e. The number of rotatable bonds is 2. The topological polar surface area (TPSA) is 68.3 Å². The minimum Gasteiger partial charge on any atom is -0.454 e. The van der Waals surface area contributed by atoms with Gasteiger partial charge in [0.1, 0.15) is 0 Å². The quantitative estimate of drug-likeness (QED) is 0.809. The number of morpholine rings is 1. The molecule has 3 aliphatic heterocycles. The lowest BCUT2D eigenvalue weighted by Crippen LogP contribution is -2.47. The standard InChI is InChI=1S/C17H20N2O5/c1-11-8-18(4-5-22-11)17(21)12-6-16(20)19(9-12)13-2-3-14-15(7-13)24-10-23-14/h2-3,7,11-12H,4-6,8-10H2,1H3/t11-,12+/m1/s1. The number of nitrogens with zero attached hydrogens (tertiary/aromatic N) is 2. The minimum absolute atomic E-state index is 0.0338. The lowest BCUT2D eigenvalue weighted by Gasteiger charge is -2.32. The maximum absolute atomic E-state index is 12.7. The summed E-state index contributed by atoms with van der Waals surface area (Å²) >= 11 is 0. The van der Waals surface area contributed by atoms with E-state index in [1.165, 1.54) is 0 Å². The molecule has 0 N–H and O–H groups in total. The molecule has 0 bridgehead atoms. The summed E-state index contributed by atoms with van der Waals surface area (Å²) in [4.78, 5) is 28.6. The number of amides is 2. The first-order chi connectivity index (χ1) is 11.6. The number of carbonyl (C=O) groups excluding carboxylic acids is 2. The molecular formula is C17H20N2O5. The molecule has 7 nitrogen and oxygen atoms in total. The van der Waals surface area contributed by atoms with Crippen molar-refractivity contribution in [3.8, 4) is 11.5 Å². The summed E-state index contributed by atoms with van der Waals surface area (Å²) in [5.74, 6) is 1.03. The number of anilines is 1. The maximum Gasteiger partial charge on any atom is 0.231 e. The van der Waals surface area contributed by atoms with E-state index in [-0.39, 0.29) is 37.0 Å². The van der Waals surface area contributed by atoms with Crippen LogP contribution in [0.2, 0.25) is 0 Å². The molecule has 0 aliphatic carbocycles.